The Morgan fingerprint density at radius 3 is 1.18 bits per heavy atom. The maximum absolute atomic E-state index is 13.5. The second kappa shape index (κ2) is 52.9. The Hall–Kier alpha value is -1.51. The minimum Gasteiger partial charge on any atom is -0.456 e. The Kier molecular flexibility index (Phi) is 51.8. The lowest BCUT2D eigenvalue weighted by atomic mass is 10.0. The Morgan fingerprint density at radius 1 is 0.472 bits per heavy atom. The van der Waals surface area contributed by atoms with Crippen molar-refractivity contribution in [1.82, 2.24) is 5.32 Å². The molecule has 3 unspecified atom stereocenters. The molecule has 2 N–H and O–H groups in total. The monoisotopic (exact) mass is 1040 g/mol. The summed E-state index contributed by atoms with van der Waals surface area (Å²) in [5, 5.41) is 3.06. The predicted octanol–water partition coefficient (Wildman–Crippen LogP) is 18.9. The maximum Gasteiger partial charge on any atom is 0.472 e. The number of unbranched alkanes of at least 4 members (excludes halogenated alkanes) is 39. The maximum atomic E-state index is 13.5. The molecule has 0 aliphatic rings. The van der Waals surface area contributed by atoms with Crippen molar-refractivity contribution in [2.75, 3.05) is 40.9 Å². The van der Waals surface area contributed by atoms with E-state index >= 15 is 0 Å². The first-order chi connectivity index (χ1) is 34.9. The van der Waals surface area contributed by atoms with Crippen LogP contribution in [0.2, 0.25) is 0 Å². The third-order valence-corrected chi connectivity index (χ3v) is 15.1. The lowest BCUT2D eigenvalue weighted by Gasteiger charge is -2.27. The minimum atomic E-state index is -4.44. The molecular formula is C62H122N2O7P+. The summed E-state index contributed by atoms with van der Waals surface area (Å²) in [6.07, 6.45) is 61.7. The van der Waals surface area contributed by atoms with Crippen molar-refractivity contribution in [2.24, 2.45) is 0 Å². The number of ether oxygens (including phenoxy) is 1. The first-order valence-corrected chi connectivity index (χ1v) is 32.7. The van der Waals surface area contributed by atoms with E-state index in [1.165, 1.54) is 218 Å². The number of quaternary nitrogens is 1. The number of phosphoric acid groups is 1. The number of hydrogen-bond donors (Lipinski definition) is 2. The molecule has 0 bridgehead atoms. The highest BCUT2D eigenvalue weighted by Gasteiger charge is 2.30. The van der Waals surface area contributed by atoms with Crippen molar-refractivity contribution in [3.8, 4) is 0 Å². The number of carbonyl (C=O) groups is 2. The van der Waals surface area contributed by atoms with E-state index in [4.69, 9.17) is 13.8 Å². The van der Waals surface area contributed by atoms with E-state index in [-0.39, 0.29) is 25.1 Å². The average molecular weight is 1040 g/mol. The largest absolute Gasteiger partial charge is 0.472 e. The highest BCUT2D eigenvalue weighted by molar-refractivity contribution is 7.47. The molecule has 0 aromatic carbocycles. The second-order valence-electron chi connectivity index (χ2n) is 22.6. The number of nitrogens with one attached hydrogen (secondary N) is 1. The Labute approximate surface area is 447 Å². The molecule has 0 saturated heterocycles. The van der Waals surface area contributed by atoms with Crippen LogP contribution < -0.4 is 5.32 Å². The summed E-state index contributed by atoms with van der Waals surface area (Å²) in [5.74, 6) is -0.494. The molecule has 0 aromatic heterocycles. The van der Waals surface area contributed by atoms with Crippen LogP contribution in [0.1, 0.15) is 310 Å². The van der Waals surface area contributed by atoms with Crippen molar-refractivity contribution in [2.45, 2.75) is 322 Å². The average Bonchev–Trinajstić information content (AvgIpc) is 3.34. The summed E-state index contributed by atoms with van der Waals surface area (Å²) < 4.78 is 30.7. The molecule has 0 radical (unpaired) electrons. The highest BCUT2D eigenvalue weighted by Crippen LogP contribution is 2.43. The standard InChI is InChI=1S/C62H121N2O7P/c1-7-10-13-16-19-22-25-28-30-32-34-36-39-42-45-48-51-54-61(65)63-59(58-70-72(67,68)69-57-56-64(4,5)6)60(53-50-47-44-41-38-27-24-21-18-15-12-9-3)71-62(66)55-52-49-46-43-40-37-35-33-31-29-26-23-20-17-14-11-8-2/h28,30,50,53,59-60H,7-27,29,31-49,51-52,54-58H2,1-6H3,(H-,63,65,67,68)/p+1/b30-28+,53-50+. The molecule has 10 heteroatoms. The van der Waals surface area contributed by atoms with Gasteiger partial charge in [-0.05, 0) is 57.4 Å². The highest BCUT2D eigenvalue weighted by atomic mass is 31.2. The van der Waals surface area contributed by atoms with Crippen LogP contribution in [-0.4, -0.2) is 74.3 Å². The van der Waals surface area contributed by atoms with Gasteiger partial charge in [-0.1, -0.05) is 264 Å². The normalized spacial score (nSPS) is 13.8. The van der Waals surface area contributed by atoms with Crippen molar-refractivity contribution in [3.05, 3.63) is 24.3 Å². The second-order valence-corrected chi connectivity index (χ2v) is 24.0. The van der Waals surface area contributed by atoms with Crippen molar-refractivity contribution >= 4 is 19.7 Å². The van der Waals surface area contributed by atoms with Gasteiger partial charge in [-0.3, -0.25) is 18.6 Å². The molecule has 1 amide bonds. The van der Waals surface area contributed by atoms with Gasteiger partial charge < -0.3 is 19.4 Å². The fraction of sp³-hybridized carbons (Fsp3) is 0.903. The van der Waals surface area contributed by atoms with Crippen LogP contribution in [0.25, 0.3) is 0 Å². The molecule has 0 rings (SSSR count). The van der Waals surface area contributed by atoms with Crippen molar-refractivity contribution in [3.63, 3.8) is 0 Å². The lowest BCUT2D eigenvalue weighted by Crippen LogP contribution is -2.47. The van der Waals surface area contributed by atoms with E-state index in [2.05, 4.69) is 38.2 Å². The van der Waals surface area contributed by atoms with Crippen LogP contribution in [0.15, 0.2) is 24.3 Å². The van der Waals surface area contributed by atoms with E-state index in [9.17, 15) is 19.0 Å². The molecule has 0 heterocycles. The van der Waals surface area contributed by atoms with Gasteiger partial charge in [0.25, 0.3) is 0 Å². The van der Waals surface area contributed by atoms with Gasteiger partial charge in [0.15, 0.2) is 0 Å². The van der Waals surface area contributed by atoms with Crippen LogP contribution in [0.3, 0.4) is 0 Å². The van der Waals surface area contributed by atoms with Crippen LogP contribution in [-0.2, 0) is 27.9 Å². The Balaban J connectivity index is 5.24. The number of carbonyl (C=O) groups excluding carboxylic acids is 2. The Morgan fingerprint density at radius 2 is 0.806 bits per heavy atom. The number of nitrogens with zero attached hydrogens (tertiary/aromatic N) is 1. The first kappa shape index (κ1) is 70.5. The molecule has 0 spiro atoms. The third kappa shape index (κ3) is 53.3. The van der Waals surface area contributed by atoms with Gasteiger partial charge in [0.1, 0.15) is 19.3 Å². The zero-order valence-electron chi connectivity index (χ0n) is 48.7. The molecule has 426 valence electrons. The number of allylic oxidation sites excluding steroid dienone is 3. The quantitative estimate of drug-likeness (QED) is 0.0205. The zero-order valence-corrected chi connectivity index (χ0v) is 49.6. The van der Waals surface area contributed by atoms with Gasteiger partial charge in [0.05, 0.1) is 33.8 Å². The van der Waals surface area contributed by atoms with E-state index in [1.807, 2.05) is 33.3 Å². The Bertz CT molecular complexity index is 1290. The zero-order chi connectivity index (χ0) is 52.9. The molecular weight excluding hydrogens is 916 g/mol. The lowest BCUT2D eigenvalue weighted by molar-refractivity contribution is -0.870. The van der Waals surface area contributed by atoms with E-state index in [0.717, 1.165) is 57.8 Å². The van der Waals surface area contributed by atoms with Crippen molar-refractivity contribution in [1.29, 1.82) is 0 Å². The molecule has 72 heavy (non-hydrogen) atoms. The van der Waals surface area contributed by atoms with Crippen LogP contribution in [0.5, 0.6) is 0 Å². The van der Waals surface area contributed by atoms with Crippen LogP contribution in [0, 0.1) is 0 Å². The van der Waals surface area contributed by atoms with Crippen LogP contribution >= 0.6 is 7.82 Å². The van der Waals surface area contributed by atoms with Gasteiger partial charge in [0, 0.05) is 12.8 Å². The molecule has 0 aromatic rings. The summed E-state index contributed by atoms with van der Waals surface area (Å²) in [6, 6.07) is -0.844. The summed E-state index contributed by atoms with van der Waals surface area (Å²) in [4.78, 5) is 37.7. The van der Waals surface area contributed by atoms with E-state index in [0.29, 0.717) is 23.9 Å². The van der Waals surface area contributed by atoms with Gasteiger partial charge in [-0.2, -0.15) is 0 Å². The molecule has 0 fully saturated rings. The summed E-state index contributed by atoms with van der Waals surface area (Å²) >= 11 is 0. The fourth-order valence-electron chi connectivity index (χ4n) is 9.29. The number of likely N-dealkylation sites (N-methyl/N-ethyl adjacent to an activating group) is 1. The first-order valence-electron chi connectivity index (χ1n) is 31.2. The minimum absolute atomic E-state index is 0.0428. The van der Waals surface area contributed by atoms with Crippen LogP contribution in [0.4, 0.5) is 0 Å². The number of esters is 1. The van der Waals surface area contributed by atoms with Gasteiger partial charge in [-0.25, -0.2) is 4.57 Å². The topological polar surface area (TPSA) is 111 Å². The smallest absolute Gasteiger partial charge is 0.456 e. The van der Waals surface area contributed by atoms with Crippen molar-refractivity contribution < 1.29 is 37.3 Å². The number of rotatable bonds is 57. The molecule has 9 nitrogen and oxygen atoms in total. The summed E-state index contributed by atoms with van der Waals surface area (Å²) in [7, 11) is 1.51. The third-order valence-electron chi connectivity index (χ3n) is 14.1. The number of hydrogen-bond acceptors (Lipinski definition) is 6. The molecule has 0 saturated carbocycles. The number of amides is 1. The molecule has 0 aliphatic carbocycles. The SMILES string of the molecule is CCCCCCCC/C=C/CCCCCCCCCC(=O)NC(COP(=O)(O)OCC[N+](C)(C)C)C(/C=C/CCCCCCCCCCCC)OC(=O)CCCCCCCCCCCCCCCCCCC. The van der Waals surface area contributed by atoms with E-state index < -0.39 is 20.0 Å². The molecule has 3 atom stereocenters. The van der Waals surface area contributed by atoms with Gasteiger partial charge >= 0.3 is 13.8 Å². The molecule has 0 aliphatic heterocycles. The fourth-order valence-corrected chi connectivity index (χ4v) is 10.0. The summed E-state index contributed by atoms with van der Waals surface area (Å²) in [6.45, 7) is 7.05. The number of phosphoric ester groups is 1. The van der Waals surface area contributed by atoms with Gasteiger partial charge in [-0.15, -0.1) is 0 Å². The van der Waals surface area contributed by atoms with Gasteiger partial charge in [0.2, 0.25) is 5.91 Å². The summed E-state index contributed by atoms with van der Waals surface area (Å²) in [5.41, 5.74) is 0. The predicted molar refractivity (Wildman–Crippen MR) is 310 cm³/mol. The van der Waals surface area contributed by atoms with E-state index in [1.54, 1.807) is 0 Å².